The lowest BCUT2D eigenvalue weighted by Crippen LogP contribution is -2.28. The molecular formula is C21H24N8OS2. The van der Waals surface area contributed by atoms with E-state index >= 15 is 0 Å². The molecule has 4 aromatic rings. The number of nitrogen functional groups attached to an aromatic ring is 2. The molecule has 11 heteroatoms. The van der Waals surface area contributed by atoms with Crippen LogP contribution in [-0.2, 0) is 18.2 Å². The van der Waals surface area contributed by atoms with Crippen molar-refractivity contribution in [3.63, 3.8) is 0 Å². The molecule has 0 amide bonds. The molecular weight excluding hydrogens is 444 g/mol. The van der Waals surface area contributed by atoms with Crippen molar-refractivity contribution in [2.45, 2.75) is 28.7 Å². The van der Waals surface area contributed by atoms with Crippen LogP contribution in [0.5, 0.6) is 0 Å². The van der Waals surface area contributed by atoms with Crippen LogP contribution in [0.1, 0.15) is 19.3 Å². The number of hydrogen-bond donors (Lipinski definition) is 2. The van der Waals surface area contributed by atoms with Crippen molar-refractivity contribution in [3.05, 3.63) is 24.5 Å². The smallest absolute Gasteiger partial charge is 0.232 e. The van der Waals surface area contributed by atoms with E-state index < -0.39 is 11.2 Å². The Balaban J connectivity index is 1.75. The van der Waals surface area contributed by atoms with Gasteiger partial charge in [0.15, 0.2) is 5.82 Å². The van der Waals surface area contributed by atoms with Gasteiger partial charge >= 0.3 is 0 Å². The zero-order chi connectivity index (χ0) is 22.6. The lowest BCUT2D eigenvalue weighted by molar-refractivity contribution is 0.478. The fourth-order valence-corrected chi connectivity index (χ4v) is 6.94. The largest absolute Gasteiger partial charge is 0.611 e. The molecule has 1 aliphatic carbocycles. The average molecular weight is 469 g/mol. The van der Waals surface area contributed by atoms with Gasteiger partial charge in [-0.3, -0.25) is 4.68 Å². The number of pyridine rings is 1. The monoisotopic (exact) mass is 468 g/mol. The lowest BCUT2D eigenvalue weighted by atomic mass is 10.00. The van der Waals surface area contributed by atoms with Gasteiger partial charge in [0.2, 0.25) is 10.2 Å². The Morgan fingerprint density at radius 2 is 1.91 bits per heavy atom. The highest BCUT2D eigenvalue weighted by atomic mass is 32.2. The third-order valence-electron chi connectivity index (χ3n) is 5.77. The van der Waals surface area contributed by atoms with E-state index in [1.165, 1.54) is 11.3 Å². The molecule has 4 aromatic heterocycles. The van der Waals surface area contributed by atoms with Gasteiger partial charge in [0, 0.05) is 67.3 Å². The predicted molar refractivity (Wildman–Crippen MR) is 130 cm³/mol. The highest BCUT2D eigenvalue weighted by molar-refractivity contribution is 7.94. The summed E-state index contributed by atoms with van der Waals surface area (Å²) in [5.74, 6) is 1.03. The summed E-state index contributed by atoms with van der Waals surface area (Å²) in [4.78, 5) is 15.7. The summed E-state index contributed by atoms with van der Waals surface area (Å²) in [6, 6.07) is 3.98. The van der Waals surface area contributed by atoms with Crippen molar-refractivity contribution in [2.24, 2.45) is 7.05 Å². The number of thiophene rings is 1. The van der Waals surface area contributed by atoms with Crippen LogP contribution >= 0.6 is 11.3 Å². The van der Waals surface area contributed by atoms with Crippen LogP contribution in [0.3, 0.4) is 0 Å². The summed E-state index contributed by atoms with van der Waals surface area (Å²) in [7, 11) is 5.80. The molecule has 1 saturated carbocycles. The molecule has 0 bridgehead atoms. The van der Waals surface area contributed by atoms with Crippen molar-refractivity contribution < 1.29 is 4.55 Å². The van der Waals surface area contributed by atoms with Gasteiger partial charge in [0.05, 0.1) is 11.4 Å². The Hall–Kier alpha value is -2.89. The minimum atomic E-state index is -1.13. The normalized spacial score (nSPS) is 15.1. The molecule has 9 nitrogen and oxygen atoms in total. The summed E-state index contributed by atoms with van der Waals surface area (Å²) in [6.45, 7) is 0. The molecule has 1 atom stereocenters. The van der Waals surface area contributed by atoms with Crippen LogP contribution < -0.4 is 16.4 Å². The predicted octanol–water partition coefficient (Wildman–Crippen LogP) is 3.04. The number of anilines is 3. The van der Waals surface area contributed by atoms with Crippen molar-refractivity contribution in [3.8, 4) is 22.5 Å². The summed E-state index contributed by atoms with van der Waals surface area (Å²) < 4.78 is 15.7. The van der Waals surface area contributed by atoms with E-state index in [1.54, 1.807) is 12.4 Å². The number of aromatic nitrogens is 5. The average Bonchev–Trinajstić information content (AvgIpc) is 3.27. The molecule has 0 unspecified atom stereocenters. The molecule has 0 radical (unpaired) electrons. The van der Waals surface area contributed by atoms with Gasteiger partial charge in [-0.25, -0.2) is 15.0 Å². The first-order valence-electron chi connectivity index (χ1n) is 10.3. The fraction of sp³-hybridized carbons (Fsp3) is 0.333. The first-order valence-corrected chi connectivity index (χ1v) is 12.3. The zero-order valence-corrected chi connectivity index (χ0v) is 19.7. The van der Waals surface area contributed by atoms with E-state index in [0.717, 1.165) is 52.1 Å². The Labute approximate surface area is 192 Å². The third-order valence-corrected chi connectivity index (χ3v) is 9.07. The Kier molecular flexibility index (Phi) is 5.19. The van der Waals surface area contributed by atoms with Crippen molar-refractivity contribution in [1.29, 1.82) is 0 Å². The van der Waals surface area contributed by atoms with Crippen LogP contribution in [0.25, 0.3) is 32.7 Å². The SMILES string of the molecule is CN(C)c1cc(-c2cc(-c3cnc(N)nc3)nc3sc([S@+]([O-])C4CCC4)c(N)c23)n(C)n1. The van der Waals surface area contributed by atoms with Gasteiger partial charge in [-0.05, 0) is 25.3 Å². The standard InChI is InChI=1S/C21H24N8OS2/c1-28(2)16-8-15(29(3)27-16)13-7-14(11-9-24-21(23)25-10-11)26-19-17(13)18(22)20(31-19)32(30)12-5-4-6-12/h7-10,12H,4-6,22H2,1-3H3,(H2,23,24,25)/t32-/m1/s1. The molecule has 4 N–H and O–H groups in total. The van der Waals surface area contributed by atoms with Crippen LogP contribution in [0.15, 0.2) is 28.7 Å². The third kappa shape index (κ3) is 3.46. The van der Waals surface area contributed by atoms with Crippen molar-refractivity contribution >= 4 is 50.2 Å². The highest BCUT2D eigenvalue weighted by Gasteiger charge is 2.35. The first-order chi connectivity index (χ1) is 15.3. The van der Waals surface area contributed by atoms with Crippen LogP contribution in [0.2, 0.25) is 0 Å². The summed E-state index contributed by atoms with van der Waals surface area (Å²) in [5, 5.41) is 5.60. The Morgan fingerprint density at radius 3 is 2.50 bits per heavy atom. The maximum Gasteiger partial charge on any atom is 0.232 e. The van der Waals surface area contributed by atoms with Gasteiger partial charge in [-0.15, -0.1) is 0 Å². The highest BCUT2D eigenvalue weighted by Crippen LogP contribution is 2.46. The van der Waals surface area contributed by atoms with Gasteiger partial charge in [-0.2, -0.15) is 5.10 Å². The van der Waals surface area contributed by atoms with E-state index in [9.17, 15) is 4.55 Å². The Morgan fingerprint density at radius 1 is 1.19 bits per heavy atom. The molecule has 1 aliphatic rings. The number of hydrogen-bond acceptors (Lipinski definition) is 9. The van der Waals surface area contributed by atoms with Crippen LogP contribution in [-0.4, -0.2) is 48.6 Å². The molecule has 4 heterocycles. The molecule has 32 heavy (non-hydrogen) atoms. The number of aryl methyl sites for hydroxylation is 1. The minimum absolute atomic E-state index is 0.177. The molecule has 5 rings (SSSR count). The Bertz CT molecular complexity index is 1290. The molecule has 166 valence electrons. The maximum atomic E-state index is 13.2. The van der Waals surface area contributed by atoms with E-state index in [-0.39, 0.29) is 11.2 Å². The lowest BCUT2D eigenvalue weighted by Gasteiger charge is -2.27. The second kappa shape index (κ2) is 7.91. The van der Waals surface area contributed by atoms with E-state index in [1.807, 2.05) is 42.9 Å². The quantitative estimate of drug-likeness (QED) is 0.427. The van der Waals surface area contributed by atoms with Gasteiger partial charge in [0.25, 0.3) is 0 Å². The molecule has 1 fully saturated rings. The molecule has 0 aromatic carbocycles. The summed E-state index contributed by atoms with van der Waals surface area (Å²) >= 11 is 0.277. The van der Waals surface area contributed by atoms with Gasteiger partial charge in [0.1, 0.15) is 15.8 Å². The van der Waals surface area contributed by atoms with Crippen molar-refractivity contribution in [1.82, 2.24) is 24.7 Å². The summed E-state index contributed by atoms with van der Waals surface area (Å²) in [5.41, 5.74) is 16.0. The van der Waals surface area contributed by atoms with Crippen LogP contribution in [0.4, 0.5) is 17.5 Å². The fourth-order valence-electron chi connectivity index (χ4n) is 3.73. The maximum absolute atomic E-state index is 13.2. The van der Waals surface area contributed by atoms with Crippen LogP contribution in [0, 0.1) is 0 Å². The molecule has 0 saturated heterocycles. The summed E-state index contributed by atoms with van der Waals surface area (Å²) in [6.07, 6.45) is 6.37. The van der Waals surface area contributed by atoms with Gasteiger partial charge in [-0.1, -0.05) is 11.3 Å². The minimum Gasteiger partial charge on any atom is -0.611 e. The molecule has 0 spiro atoms. The van der Waals surface area contributed by atoms with Crippen molar-refractivity contribution in [2.75, 3.05) is 30.5 Å². The van der Waals surface area contributed by atoms with E-state index in [4.69, 9.17) is 16.5 Å². The molecule has 0 aliphatic heterocycles. The second-order valence-corrected chi connectivity index (χ2v) is 11.1. The van der Waals surface area contributed by atoms with E-state index in [2.05, 4.69) is 15.1 Å². The zero-order valence-electron chi connectivity index (χ0n) is 18.1. The number of rotatable bonds is 5. The van der Waals surface area contributed by atoms with E-state index in [0.29, 0.717) is 15.6 Å². The number of nitrogens with zero attached hydrogens (tertiary/aromatic N) is 6. The number of nitrogens with two attached hydrogens (primary N) is 2. The van der Waals surface area contributed by atoms with Gasteiger partial charge < -0.3 is 20.9 Å². The first kappa shape index (κ1) is 21.0. The number of fused-ring (bicyclic) bond motifs is 1. The topological polar surface area (TPSA) is 135 Å². The second-order valence-electron chi connectivity index (χ2n) is 8.12.